The largest absolute Gasteiger partial charge is 0.496 e. The zero-order valence-electron chi connectivity index (χ0n) is 8.75. The monoisotopic (exact) mass is 195 g/mol. The van der Waals surface area contributed by atoms with Gasteiger partial charge in [-0.1, -0.05) is 13.0 Å². The predicted molar refractivity (Wildman–Crippen MR) is 57.4 cm³/mol. The van der Waals surface area contributed by atoms with Crippen molar-refractivity contribution in [2.45, 2.75) is 20.0 Å². The van der Waals surface area contributed by atoms with Gasteiger partial charge in [-0.2, -0.15) is 0 Å². The van der Waals surface area contributed by atoms with Gasteiger partial charge in [-0.3, -0.25) is 0 Å². The topological polar surface area (TPSA) is 44.5 Å². The Hall–Kier alpha value is -1.22. The van der Waals surface area contributed by atoms with Crippen molar-refractivity contribution in [1.29, 1.82) is 0 Å². The fourth-order valence-electron chi connectivity index (χ4n) is 1.25. The highest BCUT2D eigenvalue weighted by Crippen LogP contribution is 2.24. The van der Waals surface area contributed by atoms with Gasteiger partial charge in [-0.25, -0.2) is 0 Å². The molecule has 0 fully saturated rings. The molecule has 3 nitrogen and oxygen atoms in total. The highest BCUT2D eigenvalue weighted by atomic mass is 16.5. The summed E-state index contributed by atoms with van der Waals surface area (Å²) in [6, 6.07) is 5.62. The Morgan fingerprint density at radius 2 is 2.14 bits per heavy atom. The van der Waals surface area contributed by atoms with E-state index in [4.69, 9.17) is 15.2 Å². The Kier molecular flexibility index (Phi) is 4.26. The minimum absolute atomic E-state index is 0.518. The van der Waals surface area contributed by atoms with Crippen LogP contribution in [0.1, 0.15) is 18.9 Å². The molecule has 0 aromatic heterocycles. The van der Waals surface area contributed by atoms with Crippen LogP contribution in [0.5, 0.6) is 5.75 Å². The van der Waals surface area contributed by atoms with Crippen molar-refractivity contribution >= 4 is 5.69 Å². The van der Waals surface area contributed by atoms with E-state index >= 15 is 0 Å². The second-order valence-corrected chi connectivity index (χ2v) is 3.08. The van der Waals surface area contributed by atoms with E-state index in [-0.39, 0.29) is 0 Å². The van der Waals surface area contributed by atoms with Gasteiger partial charge in [0.05, 0.1) is 13.7 Å². The minimum Gasteiger partial charge on any atom is -0.496 e. The third kappa shape index (κ3) is 2.64. The normalized spacial score (nSPS) is 10.1. The van der Waals surface area contributed by atoms with Crippen molar-refractivity contribution in [3.05, 3.63) is 23.8 Å². The van der Waals surface area contributed by atoms with Crippen molar-refractivity contribution in [2.24, 2.45) is 0 Å². The first-order valence-electron chi connectivity index (χ1n) is 4.78. The van der Waals surface area contributed by atoms with Crippen LogP contribution in [0.4, 0.5) is 5.69 Å². The average Bonchev–Trinajstić information content (AvgIpc) is 2.20. The van der Waals surface area contributed by atoms with E-state index in [2.05, 4.69) is 6.92 Å². The van der Waals surface area contributed by atoms with Crippen molar-refractivity contribution in [2.75, 3.05) is 19.5 Å². The summed E-state index contributed by atoms with van der Waals surface area (Å²) in [4.78, 5) is 0. The van der Waals surface area contributed by atoms with Gasteiger partial charge in [0.2, 0.25) is 0 Å². The number of nitrogen functional groups attached to an aromatic ring is 1. The molecule has 0 bridgehead atoms. The molecule has 0 aliphatic carbocycles. The number of hydrogen-bond acceptors (Lipinski definition) is 3. The highest BCUT2D eigenvalue weighted by molar-refractivity contribution is 5.53. The third-order valence-corrected chi connectivity index (χ3v) is 1.98. The van der Waals surface area contributed by atoms with E-state index < -0.39 is 0 Å². The molecule has 0 aliphatic rings. The van der Waals surface area contributed by atoms with E-state index in [0.717, 1.165) is 30.0 Å². The molecule has 0 spiro atoms. The quantitative estimate of drug-likeness (QED) is 0.578. The highest BCUT2D eigenvalue weighted by Gasteiger charge is 2.05. The molecule has 0 saturated heterocycles. The van der Waals surface area contributed by atoms with Crippen molar-refractivity contribution in [1.82, 2.24) is 0 Å². The van der Waals surface area contributed by atoms with E-state index in [1.807, 2.05) is 18.2 Å². The maximum atomic E-state index is 5.82. The molecule has 0 heterocycles. The molecular formula is C11H17NO2. The zero-order valence-corrected chi connectivity index (χ0v) is 8.75. The summed E-state index contributed by atoms with van der Waals surface area (Å²) in [5.74, 6) is 0.793. The molecule has 1 aromatic rings. The number of rotatable bonds is 5. The SMILES string of the molecule is CCCOCc1c(N)cccc1OC. The van der Waals surface area contributed by atoms with Crippen LogP contribution in [0.15, 0.2) is 18.2 Å². The standard InChI is InChI=1S/C11H17NO2/c1-3-7-14-8-9-10(12)5-4-6-11(9)13-2/h4-6H,3,7-8,12H2,1-2H3. The summed E-state index contributed by atoms with van der Waals surface area (Å²) >= 11 is 0. The molecule has 0 radical (unpaired) electrons. The van der Waals surface area contributed by atoms with Crippen LogP contribution in [0.2, 0.25) is 0 Å². The Morgan fingerprint density at radius 3 is 2.79 bits per heavy atom. The van der Waals surface area contributed by atoms with Gasteiger partial charge in [0.15, 0.2) is 0 Å². The number of nitrogens with two attached hydrogens (primary N) is 1. The number of hydrogen-bond donors (Lipinski definition) is 1. The lowest BCUT2D eigenvalue weighted by Crippen LogP contribution is -2.01. The van der Waals surface area contributed by atoms with Crippen molar-refractivity contribution in [3.8, 4) is 5.75 Å². The Balaban J connectivity index is 2.72. The Morgan fingerprint density at radius 1 is 1.36 bits per heavy atom. The molecule has 3 heteroatoms. The zero-order chi connectivity index (χ0) is 10.4. The summed E-state index contributed by atoms with van der Waals surface area (Å²) in [7, 11) is 1.64. The maximum absolute atomic E-state index is 5.82. The first kappa shape index (κ1) is 10.9. The lowest BCUT2D eigenvalue weighted by molar-refractivity contribution is 0.120. The molecule has 0 aliphatic heterocycles. The molecule has 0 unspecified atom stereocenters. The van der Waals surface area contributed by atoms with Crippen molar-refractivity contribution < 1.29 is 9.47 Å². The predicted octanol–water partition coefficient (Wildman–Crippen LogP) is 2.20. The lowest BCUT2D eigenvalue weighted by Gasteiger charge is -2.11. The summed E-state index contributed by atoms with van der Waals surface area (Å²) in [5.41, 5.74) is 7.48. The first-order chi connectivity index (χ1) is 6.79. The number of benzene rings is 1. The second-order valence-electron chi connectivity index (χ2n) is 3.08. The average molecular weight is 195 g/mol. The smallest absolute Gasteiger partial charge is 0.126 e. The Bertz CT molecular complexity index is 287. The molecule has 0 atom stereocenters. The van der Waals surface area contributed by atoms with Gasteiger partial charge in [0.25, 0.3) is 0 Å². The van der Waals surface area contributed by atoms with Gasteiger partial charge in [0.1, 0.15) is 5.75 Å². The molecular weight excluding hydrogens is 178 g/mol. The Labute approximate surface area is 84.8 Å². The lowest BCUT2D eigenvalue weighted by atomic mass is 10.1. The molecule has 2 N–H and O–H groups in total. The molecule has 1 aromatic carbocycles. The summed E-state index contributed by atoms with van der Waals surface area (Å²) in [6.07, 6.45) is 1.01. The van der Waals surface area contributed by atoms with Crippen LogP contribution in [0.3, 0.4) is 0 Å². The molecule has 14 heavy (non-hydrogen) atoms. The molecule has 78 valence electrons. The third-order valence-electron chi connectivity index (χ3n) is 1.98. The van der Waals surface area contributed by atoms with Gasteiger partial charge in [-0.15, -0.1) is 0 Å². The van der Waals surface area contributed by atoms with E-state index in [0.29, 0.717) is 6.61 Å². The summed E-state index contributed by atoms with van der Waals surface area (Å²) < 4.78 is 10.6. The number of methoxy groups -OCH3 is 1. The minimum atomic E-state index is 0.518. The van der Waals surface area contributed by atoms with Crippen LogP contribution in [-0.2, 0) is 11.3 Å². The van der Waals surface area contributed by atoms with Crippen LogP contribution in [0.25, 0.3) is 0 Å². The second kappa shape index (κ2) is 5.50. The van der Waals surface area contributed by atoms with Crippen molar-refractivity contribution in [3.63, 3.8) is 0 Å². The number of ether oxygens (including phenoxy) is 2. The van der Waals surface area contributed by atoms with Gasteiger partial charge < -0.3 is 15.2 Å². The van der Waals surface area contributed by atoms with Gasteiger partial charge >= 0.3 is 0 Å². The summed E-state index contributed by atoms with van der Waals surface area (Å²) in [6.45, 7) is 3.34. The summed E-state index contributed by atoms with van der Waals surface area (Å²) in [5, 5.41) is 0. The number of anilines is 1. The first-order valence-corrected chi connectivity index (χ1v) is 4.78. The van der Waals surface area contributed by atoms with Crippen LogP contribution >= 0.6 is 0 Å². The van der Waals surface area contributed by atoms with E-state index in [9.17, 15) is 0 Å². The molecule has 0 amide bonds. The fraction of sp³-hybridized carbons (Fsp3) is 0.455. The maximum Gasteiger partial charge on any atom is 0.126 e. The molecule has 0 saturated carbocycles. The van der Waals surface area contributed by atoms with Crippen LogP contribution in [0, 0.1) is 0 Å². The van der Waals surface area contributed by atoms with E-state index in [1.54, 1.807) is 7.11 Å². The fourth-order valence-corrected chi connectivity index (χ4v) is 1.25. The van der Waals surface area contributed by atoms with Crippen LogP contribution in [-0.4, -0.2) is 13.7 Å². The van der Waals surface area contributed by atoms with Crippen LogP contribution < -0.4 is 10.5 Å². The van der Waals surface area contributed by atoms with Gasteiger partial charge in [0, 0.05) is 17.9 Å². The van der Waals surface area contributed by atoms with Gasteiger partial charge in [-0.05, 0) is 18.6 Å². The van der Waals surface area contributed by atoms with E-state index in [1.165, 1.54) is 0 Å². The molecule has 1 rings (SSSR count).